The van der Waals surface area contributed by atoms with E-state index in [1.807, 2.05) is 6.20 Å². The number of nitrogens with zero attached hydrogens (tertiary/aromatic N) is 3. The number of aromatic nitrogens is 1. The van der Waals surface area contributed by atoms with Crippen molar-refractivity contribution < 1.29 is 0 Å². The summed E-state index contributed by atoms with van der Waals surface area (Å²) in [6.07, 6.45) is 4.43. The first-order valence-electron chi connectivity index (χ1n) is 7.27. The fraction of sp³-hybridized carbons (Fsp3) is 0.667. The Morgan fingerprint density at radius 3 is 2.74 bits per heavy atom. The maximum Gasteiger partial charge on any atom is 0.0562 e. The minimum absolute atomic E-state index is 0.735. The van der Waals surface area contributed by atoms with Gasteiger partial charge in [-0.1, -0.05) is 6.92 Å². The average Bonchev–Trinajstić information content (AvgIpc) is 2.45. The zero-order chi connectivity index (χ0) is 13.7. The van der Waals surface area contributed by atoms with Gasteiger partial charge in [-0.05, 0) is 45.6 Å². The van der Waals surface area contributed by atoms with Crippen LogP contribution in [0, 0.1) is 0 Å². The van der Waals surface area contributed by atoms with Crippen molar-refractivity contribution in [1.82, 2.24) is 15.2 Å². The van der Waals surface area contributed by atoms with Crippen LogP contribution in [-0.4, -0.2) is 49.7 Å². The molecule has 4 heteroatoms. The van der Waals surface area contributed by atoms with Crippen LogP contribution in [-0.2, 0) is 6.54 Å². The highest BCUT2D eigenvalue weighted by molar-refractivity contribution is 5.47. The van der Waals surface area contributed by atoms with Crippen molar-refractivity contribution in [2.45, 2.75) is 32.4 Å². The van der Waals surface area contributed by atoms with Crippen LogP contribution in [0.25, 0.3) is 0 Å². The molecule has 1 N–H and O–H groups in total. The molecular formula is C15H26N4. The molecule has 0 unspecified atom stereocenters. The highest BCUT2D eigenvalue weighted by Gasteiger charge is 2.20. The Labute approximate surface area is 116 Å². The van der Waals surface area contributed by atoms with Crippen LogP contribution in [0.15, 0.2) is 18.3 Å². The predicted octanol–water partition coefficient (Wildman–Crippen LogP) is 1.72. The molecule has 1 fully saturated rings. The number of rotatable bonds is 5. The highest BCUT2D eigenvalue weighted by atomic mass is 15.2. The van der Waals surface area contributed by atoms with Crippen molar-refractivity contribution in [2.75, 3.05) is 38.6 Å². The molecule has 2 heterocycles. The molecular weight excluding hydrogens is 236 g/mol. The van der Waals surface area contributed by atoms with Crippen LogP contribution in [0.2, 0.25) is 0 Å². The molecule has 1 saturated heterocycles. The second-order valence-corrected chi connectivity index (χ2v) is 5.47. The van der Waals surface area contributed by atoms with E-state index in [-0.39, 0.29) is 0 Å². The Balaban J connectivity index is 1.95. The monoisotopic (exact) mass is 262 g/mol. The lowest BCUT2D eigenvalue weighted by atomic mass is 10.0. The standard InChI is InChI=1S/C15H26N4/c1-4-16-12-13-11-15(5-8-17-13)19-9-6-14(7-10-19)18(2)3/h5,8,11,14,16H,4,6-7,9-10,12H2,1-3H3. The van der Waals surface area contributed by atoms with Crippen LogP contribution in [0.1, 0.15) is 25.5 Å². The van der Waals surface area contributed by atoms with Gasteiger partial charge in [-0.25, -0.2) is 0 Å². The lowest BCUT2D eigenvalue weighted by Crippen LogP contribution is -2.42. The summed E-state index contributed by atoms with van der Waals surface area (Å²) in [7, 11) is 4.36. The van der Waals surface area contributed by atoms with Gasteiger partial charge in [0.2, 0.25) is 0 Å². The fourth-order valence-electron chi connectivity index (χ4n) is 2.65. The quantitative estimate of drug-likeness (QED) is 0.875. The number of nitrogens with one attached hydrogen (secondary N) is 1. The highest BCUT2D eigenvalue weighted by Crippen LogP contribution is 2.21. The molecule has 0 bridgehead atoms. The molecule has 1 aromatic heterocycles. The van der Waals surface area contributed by atoms with E-state index in [2.05, 4.69) is 53.3 Å². The number of anilines is 1. The summed E-state index contributed by atoms with van der Waals surface area (Å²) >= 11 is 0. The summed E-state index contributed by atoms with van der Waals surface area (Å²) in [5.41, 5.74) is 2.45. The van der Waals surface area contributed by atoms with Gasteiger partial charge >= 0.3 is 0 Å². The lowest BCUT2D eigenvalue weighted by Gasteiger charge is -2.36. The van der Waals surface area contributed by atoms with Crippen LogP contribution in [0.3, 0.4) is 0 Å². The number of piperidine rings is 1. The Morgan fingerprint density at radius 1 is 1.37 bits per heavy atom. The van der Waals surface area contributed by atoms with Crippen molar-refractivity contribution >= 4 is 5.69 Å². The van der Waals surface area contributed by atoms with Crippen LogP contribution >= 0.6 is 0 Å². The lowest BCUT2D eigenvalue weighted by molar-refractivity contribution is 0.249. The smallest absolute Gasteiger partial charge is 0.0562 e. The third-order valence-corrected chi connectivity index (χ3v) is 3.92. The first kappa shape index (κ1) is 14.3. The third-order valence-electron chi connectivity index (χ3n) is 3.92. The van der Waals surface area contributed by atoms with Gasteiger partial charge in [0.15, 0.2) is 0 Å². The van der Waals surface area contributed by atoms with Gasteiger partial charge in [0.05, 0.1) is 5.69 Å². The zero-order valence-electron chi connectivity index (χ0n) is 12.4. The van der Waals surface area contributed by atoms with Gasteiger partial charge in [-0.15, -0.1) is 0 Å². The Morgan fingerprint density at radius 2 is 2.11 bits per heavy atom. The summed E-state index contributed by atoms with van der Waals surface area (Å²) in [4.78, 5) is 9.25. The SMILES string of the molecule is CCNCc1cc(N2CCC(N(C)C)CC2)ccn1. The van der Waals surface area contributed by atoms with Gasteiger partial charge in [0.25, 0.3) is 0 Å². The van der Waals surface area contributed by atoms with Crippen LogP contribution < -0.4 is 10.2 Å². The molecule has 106 valence electrons. The molecule has 0 amide bonds. The predicted molar refractivity (Wildman–Crippen MR) is 80.5 cm³/mol. The minimum atomic E-state index is 0.735. The molecule has 19 heavy (non-hydrogen) atoms. The normalized spacial score (nSPS) is 17.2. The molecule has 1 aliphatic heterocycles. The topological polar surface area (TPSA) is 31.4 Å². The molecule has 0 spiro atoms. The van der Waals surface area contributed by atoms with Crippen molar-refractivity contribution in [3.63, 3.8) is 0 Å². The Hall–Kier alpha value is -1.13. The van der Waals surface area contributed by atoms with Gasteiger partial charge in [-0.3, -0.25) is 4.98 Å². The zero-order valence-corrected chi connectivity index (χ0v) is 12.4. The Bertz CT molecular complexity index is 383. The van der Waals surface area contributed by atoms with Crippen molar-refractivity contribution in [2.24, 2.45) is 0 Å². The minimum Gasteiger partial charge on any atom is -0.371 e. The Kier molecular flexibility index (Phi) is 5.16. The number of hydrogen-bond donors (Lipinski definition) is 1. The van der Waals surface area contributed by atoms with Crippen molar-refractivity contribution in [3.05, 3.63) is 24.0 Å². The number of pyridine rings is 1. The first-order valence-corrected chi connectivity index (χ1v) is 7.27. The summed E-state index contributed by atoms with van der Waals surface area (Å²) in [5, 5.41) is 3.33. The molecule has 2 rings (SSSR count). The van der Waals surface area contributed by atoms with E-state index in [0.717, 1.165) is 37.9 Å². The van der Waals surface area contributed by atoms with Gasteiger partial charge < -0.3 is 15.1 Å². The van der Waals surface area contributed by atoms with Gasteiger partial charge in [-0.2, -0.15) is 0 Å². The molecule has 4 nitrogen and oxygen atoms in total. The first-order chi connectivity index (χ1) is 9.20. The van der Waals surface area contributed by atoms with Gasteiger partial charge in [0.1, 0.15) is 0 Å². The van der Waals surface area contributed by atoms with E-state index >= 15 is 0 Å². The molecule has 1 aliphatic rings. The van der Waals surface area contributed by atoms with Crippen LogP contribution in [0.4, 0.5) is 5.69 Å². The number of hydrogen-bond acceptors (Lipinski definition) is 4. The third kappa shape index (κ3) is 3.91. The molecule has 0 radical (unpaired) electrons. The second-order valence-electron chi connectivity index (χ2n) is 5.47. The molecule has 0 aromatic carbocycles. The fourth-order valence-corrected chi connectivity index (χ4v) is 2.65. The van der Waals surface area contributed by atoms with E-state index in [9.17, 15) is 0 Å². The van der Waals surface area contributed by atoms with Gasteiger partial charge in [0, 0.05) is 37.6 Å². The van der Waals surface area contributed by atoms with E-state index < -0.39 is 0 Å². The summed E-state index contributed by atoms with van der Waals surface area (Å²) in [5.74, 6) is 0. The maximum absolute atomic E-state index is 4.42. The average molecular weight is 262 g/mol. The molecule has 1 aromatic rings. The van der Waals surface area contributed by atoms with E-state index in [1.54, 1.807) is 0 Å². The molecule has 0 saturated carbocycles. The maximum atomic E-state index is 4.42. The largest absolute Gasteiger partial charge is 0.371 e. The summed E-state index contributed by atoms with van der Waals surface area (Å²) < 4.78 is 0. The molecule has 0 aliphatic carbocycles. The van der Waals surface area contributed by atoms with Crippen molar-refractivity contribution in [1.29, 1.82) is 0 Å². The summed E-state index contributed by atoms with van der Waals surface area (Å²) in [6, 6.07) is 5.09. The van der Waals surface area contributed by atoms with E-state index in [4.69, 9.17) is 0 Å². The van der Waals surface area contributed by atoms with Crippen LogP contribution in [0.5, 0.6) is 0 Å². The van der Waals surface area contributed by atoms with E-state index in [1.165, 1.54) is 18.5 Å². The second kappa shape index (κ2) is 6.87. The summed E-state index contributed by atoms with van der Waals surface area (Å²) in [6.45, 7) is 6.26. The molecule has 0 atom stereocenters. The van der Waals surface area contributed by atoms with E-state index in [0.29, 0.717) is 0 Å². The van der Waals surface area contributed by atoms with Crippen molar-refractivity contribution in [3.8, 4) is 0 Å².